The number of carbonyl (C=O) groups excluding carboxylic acids is 2. The Hall–Kier alpha value is -2.83. The summed E-state index contributed by atoms with van der Waals surface area (Å²) in [5.41, 5.74) is 7.28. The van der Waals surface area contributed by atoms with Crippen LogP contribution in [0.1, 0.15) is 30.6 Å². The van der Waals surface area contributed by atoms with Crippen molar-refractivity contribution in [3.8, 4) is 0 Å². The topological polar surface area (TPSA) is 101 Å². The largest absolute Gasteiger partial charge is 0.369 e. The number of nitrogens with one attached hydrogen (secondary N) is 1. The van der Waals surface area contributed by atoms with E-state index >= 15 is 0 Å². The van der Waals surface area contributed by atoms with Crippen molar-refractivity contribution in [1.82, 2.24) is 5.16 Å². The summed E-state index contributed by atoms with van der Waals surface area (Å²) < 4.78 is 4.94. The lowest BCUT2D eigenvalue weighted by Crippen LogP contribution is -2.45. The highest BCUT2D eigenvalue weighted by atomic mass is 16.5. The van der Waals surface area contributed by atoms with E-state index in [0.29, 0.717) is 18.0 Å². The van der Waals surface area contributed by atoms with Crippen LogP contribution in [0.3, 0.4) is 0 Å². The van der Waals surface area contributed by atoms with Gasteiger partial charge in [0, 0.05) is 17.8 Å². The van der Waals surface area contributed by atoms with Gasteiger partial charge in [0.2, 0.25) is 11.8 Å². The fourth-order valence-corrected chi connectivity index (χ4v) is 3.15. The Morgan fingerprint density at radius 3 is 2.83 bits per heavy atom. The van der Waals surface area contributed by atoms with E-state index < -0.39 is 0 Å². The van der Waals surface area contributed by atoms with Crippen molar-refractivity contribution in [2.75, 3.05) is 16.8 Å². The zero-order valence-corrected chi connectivity index (χ0v) is 13.7. The van der Waals surface area contributed by atoms with Crippen LogP contribution >= 0.6 is 0 Å². The number of para-hydroxylation sites is 1. The summed E-state index contributed by atoms with van der Waals surface area (Å²) in [7, 11) is 0. The normalized spacial score (nSPS) is 19.7. The lowest BCUT2D eigenvalue weighted by molar-refractivity contribution is -0.119. The smallest absolute Gasteiger partial charge is 0.245 e. The molecule has 0 spiro atoms. The van der Waals surface area contributed by atoms with Gasteiger partial charge >= 0.3 is 0 Å². The van der Waals surface area contributed by atoms with E-state index in [1.165, 1.54) is 0 Å². The van der Waals surface area contributed by atoms with Crippen LogP contribution < -0.4 is 16.0 Å². The maximum atomic E-state index is 12.3. The van der Waals surface area contributed by atoms with Gasteiger partial charge in [0.15, 0.2) is 5.82 Å². The Morgan fingerprint density at radius 2 is 2.17 bits per heavy atom. The van der Waals surface area contributed by atoms with E-state index in [4.69, 9.17) is 10.3 Å². The third-order valence-corrected chi connectivity index (χ3v) is 4.28. The van der Waals surface area contributed by atoms with E-state index in [1.807, 2.05) is 36.1 Å². The molecule has 2 amide bonds. The van der Waals surface area contributed by atoms with Crippen LogP contribution in [0.5, 0.6) is 0 Å². The van der Waals surface area contributed by atoms with Gasteiger partial charge in [0.25, 0.3) is 0 Å². The average molecular weight is 328 g/mol. The maximum Gasteiger partial charge on any atom is 0.245 e. The Labute approximate surface area is 139 Å². The van der Waals surface area contributed by atoms with Crippen molar-refractivity contribution in [3.05, 3.63) is 41.7 Å². The minimum atomic E-state index is -0.337. The summed E-state index contributed by atoms with van der Waals surface area (Å²) in [5.74, 6) is 0.171. The minimum absolute atomic E-state index is 0.0159. The minimum Gasteiger partial charge on any atom is -0.369 e. The Kier molecular flexibility index (Phi) is 4.24. The van der Waals surface area contributed by atoms with Crippen LogP contribution in [-0.4, -0.2) is 29.6 Å². The molecule has 0 saturated heterocycles. The highest BCUT2D eigenvalue weighted by Crippen LogP contribution is 2.37. The Bertz CT molecular complexity index is 771. The van der Waals surface area contributed by atoms with Crippen LogP contribution in [0.4, 0.5) is 11.5 Å². The van der Waals surface area contributed by atoms with Crippen molar-refractivity contribution in [2.45, 2.75) is 32.2 Å². The molecule has 3 rings (SSSR count). The molecule has 1 aliphatic rings. The van der Waals surface area contributed by atoms with E-state index in [9.17, 15) is 9.59 Å². The van der Waals surface area contributed by atoms with Gasteiger partial charge in [-0.15, -0.1) is 0 Å². The first-order chi connectivity index (χ1) is 11.5. The first-order valence-corrected chi connectivity index (χ1v) is 7.83. The molecule has 0 saturated carbocycles. The second-order valence-corrected chi connectivity index (χ2v) is 6.10. The van der Waals surface area contributed by atoms with E-state index in [-0.39, 0.29) is 30.3 Å². The van der Waals surface area contributed by atoms with Crippen molar-refractivity contribution in [1.29, 1.82) is 0 Å². The number of benzene rings is 1. The number of amides is 2. The fraction of sp³-hybridized carbons (Fsp3) is 0.353. The molecule has 2 unspecified atom stereocenters. The first kappa shape index (κ1) is 16.0. The summed E-state index contributed by atoms with van der Waals surface area (Å²) in [5, 5.41) is 6.48. The van der Waals surface area contributed by atoms with Crippen molar-refractivity contribution in [2.24, 2.45) is 5.73 Å². The van der Waals surface area contributed by atoms with Crippen molar-refractivity contribution < 1.29 is 14.1 Å². The van der Waals surface area contributed by atoms with Crippen LogP contribution in [0.25, 0.3) is 0 Å². The number of carbonyl (C=O) groups is 2. The number of primary amides is 1. The van der Waals surface area contributed by atoms with E-state index in [1.54, 1.807) is 13.0 Å². The molecular formula is C17H20N4O3. The lowest BCUT2D eigenvalue weighted by Gasteiger charge is -2.39. The number of rotatable bonds is 4. The lowest BCUT2D eigenvalue weighted by atomic mass is 9.85. The highest BCUT2D eigenvalue weighted by molar-refractivity contribution is 5.94. The monoisotopic (exact) mass is 328 g/mol. The quantitative estimate of drug-likeness (QED) is 0.891. The summed E-state index contributed by atoms with van der Waals surface area (Å²) >= 11 is 0. The summed E-state index contributed by atoms with van der Waals surface area (Å²) in [6.07, 6.45) is 0.586. The Morgan fingerprint density at radius 1 is 1.42 bits per heavy atom. The Balaban J connectivity index is 1.80. The third-order valence-electron chi connectivity index (χ3n) is 4.28. The highest BCUT2D eigenvalue weighted by Gasteiger charge is 2.33. The number of anilines is 2. The average Bonchev–Trinajstić information content (AvgIpc) is 2.94. The molecule has 2 heterocycles. The molecule has 0 bridgehead atoms. The zero-order chi connectivity index (χ0) is 17.3. The molecule has 3 N–H and O–H groups in total. The fourth-order valence-electron chi connectivity index (χ4n) is 3.15. The number of hydrogen-bond donors (Lipinski definition) is 2. The summed E-state index contributed by atoms with van der Waals surface area (Å²) in [6.45, 7) is 3.91. The van der Waals surface area contributed by atoms with E-state index in [2.05, 4.69) is 10.5 Å². The number of hydrogen-bond acceptors (Lipinski definition) is 5. The third kappa shape index (κ3) is 3.10. The van der Waals surface area contributed by atoms with Gasteiger partial charge in [-0.25, -0.2) is 0 Å². The van der Waals surface area contributed by atoms with Crippen LogP contribution in [0.15, 0.2) is 34.9 Å². The predicted molar refractivity (Wildman–Crippen MR) is 89.7 cm³/mol. The summed E-state index contributed by atoms with van der Waals surface area (Å²) in [4.78, 5) is 26.1. The predicted octanol–water partition coefficient (Wildman–Crippen LogP) is 1.79. The van der Waals surface area contributed by atoms with Gasteiger partial charge in [-0.05, 0) is 31.9 Å². The molecule has 1 aromatic carbocycles. The molecule has 24 heavy (non-hydrogen) atoms. The molecule has 2 atom stereocenters. The second-order valence-electron chi connectivity index (χ2n) is 6.10. The molecule has 0 radical (unpaired) electrons. The molecule has 2 aromatic rings. The molecule has 7 nitrogen and oxygen atoms in total. The van der Waals surface area contributed by atoms with Crippen LogP contribution in [-0.2, 0) is 9.59 Å². The number of nitrogens with two attached hydrogens (primary N) is 1. The van der Waals surface area contributed by atoms with Gasteiger partial charge in [0.1, 0.15) is 5.76 Å². The molecule has 0 aliphatic carbocycles. The number of aromatic nitrogens is 1. The standard InChI is InChI=1S/C17H20N4O3/c1-10-7-13(17(18)23)12-5-3-4-6-14(12)21(10)9-16(22)19-15-8-11(2)24-20-15/h3-6,8,10,13H,7,9H2,1-2H3,(H2,18,23)(H,19,20,22). The summed E-state index contributed by atoms with van der Waals surface area (Å²) in [6, 6.07) is 9.25. The van der Waals surface area contributed by atoms with Gasteiger partial charge < -0.3 is 20.5 Å². The SMILES string of the molecule is Cc1cc(NC(=O)CN2c3ccccc3C(C(N)=O)CC2C)no1. The zero-order valence-electron chi connectivity index (χ0n) is 13.7. The molecule has 1 aromatic heterocycles. The second kappa shape index (κ2) is 6.35. The number of fused-ring (bicyclic) bond motifs is 1. The number of nitrogens with zero attached hydrogens (tertiary/aromatic N) is 2. The van der Waals surface area contributed by atoms with Crippen LogP contribution in [0, 0.1) is 6.92 Å². The molecule has 1 aliphatic heterocycles. The molecule has 0 fully saturated rings. The van der Waals surface area contributed by atoms with Crippen LogP contribution in [0.2, 0.25) is 0 Å². The van der Waals surface area contributed by atoms with Gasteiger partial charge in [-0.3, -0.25) is 9.59 Å². The van der Waals surface area contributed by atoms with Gasteiger partial charge in [0.05, 0.1) is 12.5 Å². The van der Waals surface area contributed by atoms with Gasteiger partial charge in [-0.1, -0.05) is 23.4 Å². The molecular weight excluding hydrogens is 308 g/mol. The number of aryl methyl sites for hydroxylation is 1. The van der Waals surface area contributed by atoms with E-state index in [0.717, 1.165) is 11.3 Å². The first-order valence-electron chi connectivity index (χ1n) is 7.83. The van der Waals surface area contributed by atoms with Gasteiger partial charge in [-0.2, -0.15) is 0 Å². The van der Waals surface area contributed by atoms with Crippen molar-refractivity contribution in [3.63, 3.8) is 0 Å². The molecule has 7 heteroatoms. The van der Waals surface area contributed by atoms with Crippen molar-refractivity contribution >= 4 is 23.3 Å². The molecule has 126 valence electrons. The maximum absolute atomic E-state index is 12.3.